The predicted octanol–water partition coefficient (Wildman–Crippen LogP) is 1.09. The lowest BCUT2D eigenvalue weighted by atomic mass is 10.1. The number of halogens is 1. The number of piperidine rings is 1. The quantitative estimate of drug-likeness (QED) is 0.485. The van der Waals surface area contributed by atoms with Gasteiger partial charge in [-0.3, -0.25) is 19.6 Å². The second-order valence-electron chi connectivity index (χ2n) is 3.88. The molecule has 2 amide bonds. The first-order valence-corrected chi connectivity index (χ1v) is 6.18. The number of benzene rings is 1. The molecule has 3 N–H and O–H groups in total. The van der Waals surface area contributed by atoms with Crippen molar-refractivity contribution in [2.75, 3.05) is 12.4 Å². The van der Waals surface area contributed by atoms with Crippen molar-refractivity contribution in [3.8, 4) is 0 Å². The molecule has 5 nitrogen and oxygen atoms in total. The summed E-state index contributed by atoms with van der Waals surface area (Å²) in [6.07, 6.45) is 0.736. The van der Waals surface area contributed by atoms with Crippen LogP contribution in [0.5, 0.6) is 0 Å². The molecule has 0 aromatic heterocycles. The Labute approximate surface area is 116 Å². The molecular weight excluding hydrogens is 269 g/mol. The van der Waals surface area contributed by atoms with Crippen molar-refractivity contribution in [3.05, 3.63) is 30.1 Å². The maximum Gasteiger partial charge on any atom is 0.249 e. The maximum absolute atomic E-state index is 12.9. The van der Waals surface area contributed by atoms with Gasteiger partial charge in [0.05, 0.1) is 0 Å². The Morgan fingerprint density at radius 2 is 2.11 bits per heavy atom. The largest absolute Gasteiger partial charge is 0.374 e. The molecule has 0 radical (unpaired) electrons. The zero-order chi connectivity index (χ0) is 14.3. The lowest BCUT2D eigenvalue weighted by Crippen LogP contribution is -2.47. The minimum absolute atomic E-state index is 0.262. The molecule has 1 fully saturated rings. The first kappa shape index (κ1) is 15.5. The fourth-order valence-electron chi connectivity index (χ4n) is 1.61. The Balaban J connectivity index is 0.000000550. The van der Waals surface area contributed by atoms with Gasteiger partial charge < -0.3 is 5.32 Å². The Morgan fingerprint density at radius 1 is 1.42 bits per heavy atom. The van der Waals surface area contributed by atoms with E-state index < -0.39 is 6.04 Å². The van der Waals surface area contributed by atoms with E-state index in [4.69, 9.17) is 0 Å². The summed E-state index contributed by atoms with van der Waals surface area (Å²) >= 11 is 3.54. The number of thiol groups is 1. The summed E-state index contributed by atoms with van der Waals surface area (Å²) in [4.78, 5) is 22.3. The van der Waals surface area contributed by atoms with E-state index in [1.165, 1.54) is 12.1 Å². The number of amides is 2. The summed E-state index contributed by atoms with van der Waals surface area (Å²) in [6.45, 7) is 0. The van der Waals surface area contributed by atoms with Crippen LogP contribution in [0.1, 0.15) is 12.8 Å². The fraction of sp³-hybridized carbons (Fsp3) is 0.333. The molecule has 1 aromatic rings. The number of hydrogen-bond acceptors (Lipinski definition) is 5. The van der Waals surface area contributed by atoms with Gasteiger partial charge in [0.25, 0.3) is 0 Å². The van der Waals surface area contributed by atoms with Gasteiger partial charge in [0.1, 0.15) is 11.9 Å². The molecule has 0 aliphatic carbocycles. The van der Waals surface area contributed by atoms with Crippen LogP contribution >= 0.6 is 12.8 Å². The van der Waals surface area contributed by atoms with E-state index in [1.807, 2.05) is 0 Å². The summed E-state index contributed by atoms with van der Waals surface area (Å²) in [6, 6.07) is 5.40. The summed E-state index contributed by atoms with van der Waals surface area (Å²) in [5, 5.41) is 5.12. The number of rotatable bonds is 2. The lowest BCUT2D eigenvalue weighted by Gasteiger charge is -2.22. The van der Waals surface area contributed by atoms with E-state index in [1.54, 1.807) is 19.2 Å². The van der Waals surface area contributed by atoms with Crippen molar-refractivity contribution in [3.63, 3.8) is 0 Å². The van der Waals surface area contributed by atoms with Crippen LogP contribution in [0, 0.1) is 5.82 Å². The summed E-state index contributed by atoms with van der Waals surface area (Å²) in [5.41, 5.74) is 0.537. The average molecular weight is 285 g/mol. The molecule has 1 heterocycles. The van der Waals surface area contributed by atoms with Gasteiger partial charge in [0.15, 0.2) is 0 Å². The molecule has 104 valence electrons. The fourth-order valence-corrected chi connectivity index (χ4v) is 1.61. The molecule has 1 atom stereocenters. The number of carbonyl (C=O) groups is 2. The molecule has 19 heavy (non-hydrogen) atoms. The molecular formula is C12H16FN3O2S. The number of hydrogen-bond donors (Lipinski definition) is 4. The highest BCUT2D eigenvalue weighted by Gasteiger charge is 2.26. The minimum atomic E-state index is -0.473. The van der Waals surface area contributed by atoms with Gasteiger partial charge in [0.2, 0.25) is 11.8 Å². The third kappa shape index (κ3) is 5.27. The number of imide groups is 1. The summed E-state index contributed by atoms with van der Waals surface area (Å²) in [7, 11) is 1.74. The van der Waals surface area contributed by atoms with E-state index in [-0.39, 0.29) is 17.6 Å². The average Bonchev–Trinajstić information content (AvgIpc) is 2.34. The van der Waals surface area contributed by atoms with Crippen LogP contribution in [0.15, 0.2) is 24.3 Å². The van der Waals surface area contributed by atoms with Gasteiger partial charge in [-0.1, -0.05) is 18.9 Å². The topological polar surface area (TPSA) is 70.2 Å². The van der Waals surface area contributed by atoms with Crippen molar-refractivity contribution in [2.24, 2.45) is 0 Å². The number of carbonyl (C=O) groups excluding carboxylic acids is 2. The van der Waals surface area contributed by atoms with Crippen molar-refractivity contribution in [1.29, 1.82) is 0 Å². The molecule has 1 aliphatic heterocycles. The highest BCUT2D eigenvalue weighted by molar-refractivity contribution is 7.78. The van der Waals surface area contributed by atoms with E-state index in [2.05, 4.69) is 28.2 Å². The molecule has 1 aliphatic rings. The highest BCUT2D eigenvalue weighted by atomic mass is 32.1. The van der Waals surface area contributed by atoms with Gasteiger partial charge >= 0.3 is 0 Å². The van der Waals surface area contributed by atoms with Gasteiger partial charge in [0, 0.05) is 12.1 Å². The third-order valence-corrected chi connectivity index (χ3v) is 2.40. The third-order valence-electron chi connectivity index (χ3n) is 2.40. The van der Waals surface area contributed by atoms with Crippen LogP contribution in [0.2, 0.25) is 0 Å². The van der Waals surface area contributed by atoms with Gasteiger partial charge in [-0.2, -0.15) is 0 Å². The molecule has 1 aromatic carbocycles. The monoisotopic (exact) mass is 285 g/mol. The van der Waals surface area contributed by atoms with Gasteiger partial charge in [-0.05, 0) is 31.7 Å². The second-order valence-corrected chi connectivity index (χ2v) is 4.33. The Morgan fingerprint density at radius 3 is 2.68 bits per heavy atom. The normalized spacial score (nSPS) is 18.2. The molecule has 0 spiro atoms. The van der Waals surface area contributed by atoms with Crippen LogP contribution in [0.3, 0.4) is 0 Å². The minimum Gasteiger partial charge on any atom is -0.374 e. The molecule has 1 unspecified atom stereocenters. The van der Waals surface area contributed by atoms with E-state index in [0.29, 0.717) is 18.5 Å². The van der Waals surface area contributed by atoms with Crippen LogP contribution in [0.4, 0.5) is 10.1 Å². The van der Waals surface area contributed by atoms with Crippen molar-refractivity contribution in [1.82, 2.24) is 10.0 Å². The number of anilines is 1. The lowest BCUT2D eigenvalue weighted by molar-refractivity contribution is -0.133. The van der Waals surface area contributed by atoms with E-state index in [9.17, 15) is 14.0 Å². The predicted molar refractivity (Wildman–Crippen MR) is 74.2 cm³/mol. The molecule has 2 rings (SSSR count). The molecule has 1 saturated heterocycles. The first-order valence-electron chi connectivity index (χ1n) is 5.73. The van der Waals surface area contributed by atoms with Crippen LogP contribution in [0.25, 0.3) is 0 Å². The molecule has 0 saturated carbocycles. The van der Waals surface area contributed by atoms with Crippen molar-refractivity contribution in [2.45, 2.75) is 18.9 Å². The Hall–Kier alpha value is -1.60. The van der Waals surface area contributed by atoms with Crippen molar-refractivity contribution < 1.29 is 14.0 Å². The Kier molecular flexibility index (Phi) is 6.31. The zero-order valence-electron chi connectivity index (χ0n) is 10.4. The second kappa shape index (κ2) is 7.75. The van der Waals surface area contributed by atoms with Crippen LogP contribution in [-0.2, 0) is 9.59 Å². The first-order chi connectivity index (χ1) is 9.06. The van der Waals surface area contributed by atoms with Crippen LogP contribution in [-0.4, -0.2) is 24.9 Å². The van der Waals surface area contributed by atoms with Gasteiger partial charge in [-0.15, -0.1) is 0 Å². The number of nitrogens with one attached hydrogen (secondary N) is 3. The van der Waals surface area contributed by atoms with Gasteiger partial charge in [-0.25, -0.2) is 4.39 Å². The smallest absolute Gasteiger partial charge is 0.249 e. The Bertz CT molecular complexity index is 456. The van der Waals surface area contributed by atoms with E-state index in [0.717, 1.165) is 0 Å². The zero-order valence-corrected chi connectivity index (χ0v) is 11.3. The van der Waals surface area contributed by atoms with Crippen molar-refractivity contribution >= 4 is 30.3 Å². The van der Waals surface area contributed by atoms with Crippen LogP contribution < -0.4 is 15.4 Å². The summed E-state index contributed by atoms with van der Waals surface area (Å²) < 4.78 is 15.3. The highest BCUT2D eigenvalue weighted by Crippen LogP contribution is 2.14. The molecule has 7 heteroatoms. The summed E-state index contributed by atoms with van der Waals surface area (Å²) in [5.74, 6) is -0.986. The standard InChI is InChI=1S/C11H11FN2O2.CH5NS/c12-7-2-1-3-8(6-7)13-9-4-5-10(15)14-11(9)16;1-2-3/h1-3,6,9,13H,4-5H2,(H,14,15,16);2-3H,1H3. The maximum atomic E-state index is 12.9. The SMILES string of the molecule is CNS.O=C1CCC(Nc2cccc(F)c2)C(=O)N1. The molecule has 0 bridgehead atoms. The van der Waals surface area contributed by atoms with E-state index >= 15 is 0 Å².